The van der Waals surface area contributed by atoms with E-state index in [1.807, 2.05) is 6.92 Å². The molecule has 1 aromatic rings. The predicted octanol–water partition coefficient (Wildman–Crippen LogP) is 1.71. The molecule has 2 rings (SSSR count). The third-order valence-corrected chi connectivity index (χ3v) is 2.56. The van der Waals surface area contributed by atoms with E-state index in [-0.39, 0.29) is 0 Å². The van der Waals surface area contributed by atoms with Gasteiger partial charge in [0.1, 0.15) is 5.76 Å². The second-order valence-corrected chi connectivity index (χ2v) is 3.39. The molecule has 1 saturated carbocycles. The molecule has 0 saturated heterocycles. The highest BCUT2D eigenvalue weighted by Gasteiger charge is 2.25. The minimum absolute atomic E-state index is 0.488. The molecule has 2 N–H and O–H groups in total. The van der Waals surface area contributed by atoms with Crippen molar-refractivity contribution in [1.29, 1.82) is 0 Å². The summed E-state index contributed by atoms with van der Waals surface area (Å²) < 4.78 is 5.52. The largest absolute Gasteiger partial charge is 0.445 e. The maximum Gasteiger partial charge on any atom is 0.197 e. The summed E-state index contributed by atoms with van der Waals surface area (Å²) in [7, 11) is 0. The van der Waals surface area contributed by atoms with Crippen LogP contribution in [0.25, 0.3) is 0 Å². The average Bonchev–Trinajstić information content (AvgIpc) is 2.27. The molecule has 1 aliphatic rings. The second kappa shape index (κ2) is 2.90. The van der Waals surface area contributed by atoms with E-state index in [9.17, 15) is 0 Å². The van der Waals surface area contributed by atoms with E-state index in [0.29, 0.717) is 12.5 Å². The first-order valence-corrected chi connectivity index (χ1v) is 4.47. The zero-order chi connectivity index (χ0) is 8.55. The molecule has 0 amide bonds. The number of hydrogen-bond acceptors (Lipinski definition) is 3. The summed E-state index contributed by atoms with van der Waals surface area (Å²) in [5, 5.41) is 0. The highest BCUT2D eigenvalue weighted by molar-refractivity contribution is 5.11. The molecule has 3 nitrogen and oxygen atoms in total. The SMILES string of the molecule is Cc1oc(C2CCC2)nc1CN. The maximum atomic E-state index is 5.52. The van der Waals surface area contributed by atoms with Crippen LogP contribution >= 0.6 is 0 Å². The van der Waals surface area contributed by atoms with Crippen molar-refractivity contribution in [2.24, 2.45) is 5.73 Å². The van der Waals surface area contributed by atoms with Gasteiger partial charge in [0.15, 0.2) is 5.89 Å². The van der Waals surface area contributed by atoms with Crippen LogP contribution < -0.4 is 5.73 Å². The van der Waals surface area contributed by atoms with Gasteiger partial charge in [0.05, 0.1) is 5.69 Å². The van der Waals surface area contributed by atoms with Crippen molar-refractivity contribution in [1.82, 2.24) is 4.98 Å². The van der Waals surface area contributed by atoms with Gasteiger partial charge in [-0.1, -0.05) is 6.42 Å². The first-order valence-electron chi connectivity index (χ1n) is 4.47. The molecule has 0 atom stereocenters. The lowest BCUT2D eigenvalue weighted by atomic mass is 9.85. The van der Waals surface area contributed by atoms with Crippen molar-refractivity contribution >= 4 is 0 Å². The van der Waals surface area contributed by atoms with Crippen LogP contribution in [0.1, 0.15) is 42.5 Å². The van der Waals surface area contributed by atoms with Crippen LogP contribution in [0.3, 0.4) is 0 Å². The Balaban J connectivity index is 2.21. The van der Waals surface area contributed by atoms with Crippen molar-refractivity contribution < 1.29 is 4.42 Å². The van der Waals surface area contributed by atoms with Gasteiger partial charge < -0.3 is 10.2 Å². The summed E-state index contributed by atoms with van der Waals surface area (Å²) in [4.78, 5) is 4.36. The molecule has 0 aliphatic heterocycles. The Morgan fingerprint density at radius 3 is 2.75 bits per heavy atom. The fourth-order valence-electron chi connectivity index (χ4n) is 1.47. The number of aryl methyl sites for hydroxylation is 1. The lowest BCUT2D eigenvalue weighted by Crippen LogP contribution is -2.09. The lowest BCUT2D eigenvalue weighted by molar-refractivity contribution is 0.329. The quantitative estimate of drug-likeness (QED) is 0.727. The minimum atomic E-state index is 0.488. The van der Waals surface area contributed by atoms with Crippen LogP contribution in [-0.4, -0.2) is 4.98 Å². The van der Waals surface area contributed by atoms with E-state index in [1.165, 1.54) is 19.3 Å². The van der Waals surface area contributed by atoms with Gasteiger partial charge in [-0.25, -0.2) is 4.98 Å². The zero-order valence-electron chi connectivity index (χ0n) is 7.34. The summed E-state index contributed by atoms with van der Waals surface area (Å²) in [6.07, 6.45) is 3.76. The molecular formula is C9H14N2O. The highest BCUT2D eigenvalue weighted by Crippen LogP contribution is 2.36. The van der Waals surface area contributed by atoms with Gasteiger partial charge in [0.25, 0.3) is 0 Å². The Morgan fingerprint density at radius 2 is 2.33 bits per heavy atom. The number of nitrogens with two attached hydrogens (primary N) is 1. The molecule has 0 bridgehead atoms. The Hall–Kier alpha value is -0.830. The van der Waals surface area contributed by atoms with E-state index in [1.54, 1.807) is 0 Å². The van der Waals surface area contributed by atoms with Crippen molar-refractivity contribution in [3.63, 3.8) is 0 Å². The van der Waals surface area contributed by atoms with Crippen LogP contribution in [0, 0.1) is 6.92 Å². The predicted molar refractivity (Wildman–Crippen MR) is 45.7 cm³/mol. The molecule has 1 heterocycles. The van der Waals surface area contributed by atoms with Crippen LogP contribution in [0.2, 0.25) is 0 Å². The topological polar surface area (TPSA) is 52.0 Å². The fourth-order valence-corrected chi connectivity index (χ4v) is 1.47. The molecule has 3 heteroatoms. The smallest absolute Gasteiger partial charge is 0.197 e. The van der Waals surface area contributed by atoms with E-state index >= 15 is 0 Å². The van der Waals surface area contributed by atoms with Crippen molar-refractivity contribution in [3.05, 3.63) is 17.3 Å². The molecular weight excluding hydrogens is 152 g/mol. The summed E-state index contributed by atoms with van der Waals surface area (Å²) in [5.41, 5.74) is 6.41. The zero-order valence-corrected chi connectivity index (χ0v) is 7.34. The fraction of sp³-hybridized carbons (Fsp3) is 0.667. The van der Waals surface area contributed by atoms with Crippen LogP contribution in [-0.2, 0) is 6.54 Å². The molecule has 1 fully saturated rings. The molecule has 1 aliphatic carbocycles. The van der Waals surface area contributed by atoms with Gasteiger partial charge in [-0.15, -0.1) is 0 Å². The summed E-state index contributed by atoms with van der Waals surface area (Å²) >= 11 is 0. The molecule has 0 unspecified atom stereocenters. The molecule has 0 radical (unpaired) electrons. The number of rotatable bonds is 2. The normalized spacial score (nSPS) is 17.8. The van der Waals surface area contributed by atoms with Gasteiger partial charge >= 0.3 is 0 Å². The second-order valence-electron chi connectivity index (χ2n) is 3.39. The van der Waals surface area contributed by atoms with Gasteiger partial charge in [-0.3, -0.25) is 0 Å². The molecule has 0 spiro atoms. The van der Waals surface area contributed by atoms with Crippen LogP contribution in [0.5, 0.6) is 0 Å². The Kier molecular flexibility index (Phi) is 1.89. The molecule has 12 heavy (non-hydrogen) atoms. The molecule has 0 aromatic carbocycles. The summed E-state index contributed by atoms with van der Waals surface area (Å²) in [6, 6.07) is 0. The van der Waals surface area contributed by atoms with E-state index in [2.05, 4.69) is 4.98 Å². The van der Waals surface area contributed by atoms with Gasteiger partial charge in [-0.05, 0) is 19.8 Å². The van der Waals surface area contributed by atoms with Crippen molar-refractivity contribution in [3.8, 4) is 0 Å². The van der Waals surface area contributed by atoms with E-state index in [4.69, 9.17) is 10.2 Å². The third kappa shape index (κ3) is 1.14. The lowest BCUT2D eigenvalue weighted by Gasteiger charge is -2.21. The highest BCUT2D eigenvalue weighted by atomic mass is 16.4. The van der Waals surface area contributed by atoms with Gasteiger partial charge in [-0.2, -0.15) is 0 Å². The number of nitrogens with zero attached hydrogens (tertiary/aromatic N) is 1. The molecule has 66 valence electrons. The maximum absolute atomic E-state index is 5.52. The van der Waals surface area contributed by atoms with E-state index < -0.39 is 0 Å². The van der Waals surface area contributed by atoms with Crippen molar-refractivity contribution in [2.75, 3.05) is 0 Å². The summed E-state index contributed by atoms with van der Waals surface area (Å²) in [5.74, 6) is 2.36. The standard InChI is InChI=1S/C9H14N2O/c1-6-8(5-10)11-9(12-6)7-3-2-4-7/h7H,2-5,10H2,1H3. The summed E-state index contributed by atoms with van der Waals surface area (Å²) in [6.45, 7) is 2.42. The van der Waals surface area contributed by atoms with Crippen molar-refractivity contribution in [2.45, 2.75) is 38.6 Å². The average molecular weight is 166 g/mol. The first kappa shape index (κ1) is 7.80. The van der Waals surface area contributed by atoms with Gasteiger partial charge in [0.2, 0.25) is 0 Å². The molecule has 1 aromatic heterocycles. The first-order chi connectivity index (χ1) is 5.81. The number of oxazole rings is 1. The monoisotopic (exact) mass is 166 g/mol. The van der Waals surface area contributed by atoms with Crippen LogP contribution in [0.15, 0.2) is 4.42 Å². The Morgan fingerprint density at radius 1 is 1.58 bits per heavy atom. The third-order valence-electron chi connectivity index (χ3n) is 2.56. The Bertz CT molecular complexity index is 276. The number of aromatic nitrogens is 1. The van der Waals surface area contributed by atoms with Crippen LogP contribution in [0.4, 0.5) is 0 Å². The number of hydrogen-bond donors (Lipinski definition) is 1. The van der Waals surface area contributed by atoms with E-state index in [0.717, 1.165) is 17.3 Å². The minimum Gasteiger partial charge on any atom is -0.445 e. The van der Waals surface area contributed by atoms with Gasteiger partial charge in [0, 0.05) is 12.5 Å². The Labute approximate surface area is 72.0 Å².